The lowest BCUT2D eigenvalue weighted by atomic mass is 10.1. The minimum atomic E-state index is -4.68. The second-order valence-corrected chi connectivity index (χ2v) is 7.54. The Kier molecular flexibility index (Phi) is 6.17. The van der Waals surface area contributed by atoms with E-state index < -0.39 is 24.0 Å². The smallest absolute Gasteiger partial charge is 0.366 e. The van der Waals surface area contributed by atoms with Crippen LogP contribution in [0.25, 0.3) is 0 Å². The predicted molar refractivity (Wildman–Crippen MR) is 111 cm³/mol. The number of aromatic nitrogens is 1. The summed E-state index contributed by atoms with van der Waals surface area (Å²) in [6, 6.07) is 3.57. The summed E-state index contributed by atoms with van der Waals surface area (Å²) in [5, 5.41) is 4.48. The molecule has 12 heteroatoms. The molecular weight excluding hydrogens is 458 g/mol. The number of alkyl halides is 3. The lowest BCUT2D eigenvalue weighted by Gasteiger charge is -2.32. The highest BCUT2D eigenvalue weighted by molar-refractivity contribution is 6.33. The molecule has 0 saturated carbocycles. The summed E-state index contributed by atoms with van der Waals surface area (Å²) in [4.78, 5) is 28.9. The lowest BCUT2D eigenvalue weighted by molar-refractivity contribution is -0.164. The van der Waals surface area contributed by atoms with E-state index in [1.807, 2.05) is 0 Å². The molecule has 1 aromatic heterocycles. The number of likely N-dealkylation sites (N-methyl/N-ethyl adjacent to an activating group) is 1. The Morgan fingerprint density at radius 2 is 1.94 bits per heavy atom. The highest BCUT2D eigenvalue weighted by Gasteiger charge is 2.49. The molecule has 0 spiro atoms. The minimum absolute atomic E-state index is 0.0352. The van der Waals surface area contributed by atoms with E-state index in [0.29, 0.717) is 5.56 Å². The molecule has 2 aromatic rings. The zero-order chi connectivity index (χ0) is 23.1. The number of nitrogens with zero attached hydrogens (tertiary/aromatic N) is 3. The van der Waals surface area contributed by atoms with Crippen molar-refractivity contribution in [2.75, 3.05) is 17.4 Å². The van der Waals surface area contributed by atoms with Crippen LogP contribution < -0.4 is 16.1 Å². The number of nitrogens with one attached hydrogen (secondary N) is 1. The fourth-order valence-corrected chi connectivity index (χ4v) is 3.65. The number of halogens is 5. The predicted octanol–water partition coefficient (Wildman–Crippen LogP) is 3.92. The standard InChI is InChI=1S/C19H16Cl2F3N5O2/c1-9-6-10(20)7-11(16(25)30)15(9)27-18(31)13-8-14(19(22,23)24)28(2)29(13)17-12(21)4-3-5-26-17/h3-8,14H,1-2H3,(H2,25,30)(H,27,31). The number of anilines is 2. The summed E-state index contributed by atoms with van der Waals surface area (Å²) in [7, 11) is 1.16. The molecule has 2 amide bonds. The number of hydrazine groups is 1. The van der Waals surface area contributed by atoms with E-state index in [1.54, 1.807) is 6.92 Å². The zero-order valence-corrected chi connectivity index (χ0v) is 17.7. The summed E-state index contributed by atoms with van der Waals surface area (Å²) in [6.45, 7) is 1.56. The van der Waals surface area contributed by atoms with E-state index in [0.717, 1.165) is 23.1 Å². The van der Waals surface area contributed by atoms with Crippen LogP contribution in [0.2, 0.25) is 10.0 Å². The van der Waals surface area contributed by atoms with Gasteiger partial charge in [-0.2, -0.15) is 13.2 Å². The van der Waals surface area contributed by atoms with Crippen molar-refractivity contribution in [3.8, 4) is 0 Å². The Balaban J connectivity index is 2.07. The summed E-state index contributed by atoms with van der Waals surface area (Å²) in [6.07, 6.45) is -2.60. The third-order valence-electron chi connectivity index (χ3n) is 4.57. The van der Waals surface area contributed by atoms with Gasteiger partial charge in [-0.05, 0) is 42.8 Å². The molecule has 164 valence electrons. The number of hydrogen-bond acceptors (Lipinski definition) is 5. The monoisotopic (exact) mass is 473 g/mol. The van der Waals surface area contributed by atoms with Crippen LogP contribution in [-0.2, 0) is 4.79 Å². The number of carbonyl (C=O) groups excluding carboxylic acids is 2. The van der Waals surface area contributed by atoms with Crippen LogP contribution in [0.4, 0.5) is 24.7 Å². The number of pyridine rings is 1. The number of primary amides is 1. The van der Waals surface area contributed by atoms with Crippen molar-refractivity contribution in [2.45, 2.75) is 19.1 Å². The minimum Gasteiger partial charge on any atom is -0.366 e. The topological polar surface area (TPSA) is 91.6 Å². The average molecular weight is 474 g/mol. The van der Waals surface area contributed by atoms with Gasteiger partial charge in [0.25, 0.3) is 11.8 Å². The molecule has 0 radical (unpaired) electrons. The van der Waals surface area contributed by atoms with Crippen LogP contribution in [0.15, 0.2) is 42.2 Å². The Labute approximate surface area is 185 Å². The maximum atomic E-state index is 13.6. The lowest BCUT2D eigenvalue weighted by Crippen LogP contribution is -2.47. The second kappa shape index (κ2) is 8.37. The third kappa shape index (κ3) is 4.46. The molecule has 0 saturated heterocycles. The van der Waals surface area contributed by atoms with Crippen LogP contribution in [-0.4, -0.2) is 41.1 Å². The second-order valence-electron chi connectivity index (χ2n) is 6.70. The van der Waals surface area contributed by atoms with Crippen LogP contribution in [0.1, 0.15) is 15.9 Å². The van der Waals surface area contributed by atoms with Crippen molar-refractivity contribution in [2.24, 2.45) is 5.73 Å². The molecule has 3 rings (SSSR count). The van der Waals surface area contributed by atoms with Gasteiger partial charge in [0.15, 0.2) is 5.82 Å². The molecule has 31 heavy (non-hydrogen) atoms. The number of amides is 2. The van der Waals surface area contributed by atoms with Crippen LogP contribution in [0.5, 0.6) is 0 Å². The fraction of sp³-hybridized carbons (Fsp3) is 0.211. The first-order valence-electron chi connectivity index (χ1n) is 8.75. The van der Waals surface area contributed by atoms with Crippen molar-refractivity contribution in [1.82, 2.24) is 9.99 Å². The van der Waals surface area contributed by atoms with Crippen molar-refractivity contribution in [1.29, 1.82) is 0 Å². The number of hydrogen-bond donors (Lipinski definition) is 2. The number of benzene rings is 1. The Bertz CT molecular complexity index is 1090. The molecule has 0 aliphatic carbocycles. The van der Waals surface area contributed by atoms with Crippen LogP contribution in [0, 0.1) is 6.92 Å². The largest absolute Gasteiger partial charge is 0.409 e. The first kappa shape index (κ1) is 22.9. The SMILES string of the molecule is Cc1cc(Cl)cc(C(N)=O)c1NC(=O)C1=CC(C(F)(F)F)N(C)N1c1ncccc1Cl. The van der Waals surface area contributed by atoms with Crippen molar-refractivity contribution in [3.05, 3.63) is 63.4 Å². The van der Waals surface area contributed by atoms with Gasteiger partial charge in [0, 0.05) is 18.3 Å². The number of aryl methyl sites for hydroxylation is 1. The number of carbonyl (C=O) groups is 2. The summed E-state index contributed by atoms with van der Waals surface area (Å²) >= 11 is 12.1. The molecule has 2 heterocycles. The molecule has 3 N–H and O–H groups in total. The van der Waals surface area contributed by atoms with Gasteiger partial charge in [-0.25, -0.2) is 15.0 Å². The molecule has 1 aliphatic rings. The molecule has 1 unspecified atom stereocenters. The number of rotatable bonds is 4. The molecule has 1 atom stereocenters. The Hall–Kier alpha value is -2.82. The zero-order valence-electron chi connectivity index (χ0n) is 16.2. The third-order valence-corrected chi connectivity index (χ3v) is 5.09. The maximum Gasteiger partial charge on any atom is 0.409 e. The van der Waals surface area contributed by atoms with Gasteiger partial charge in [-0.3, -0.25) is 9.59 Å². The van der Waals surface area contributed by atoms with E-state index in [4.69, 9.17) is 28.9 Å². The van der Waals surface area contributed by atoms with Crippen LogP contribution in [0.3, 0.4) is 0 Å². The van der Waals surface area contributed by atoms with Crippen molar-refractivity contribution >= 4 is 46.5 Å². The molecule has 1 aliphatic heterocycles. The molecule has 0 bridgehead atoms. The average Bonchev–Trinajstić information content (AvgIpc) is 3.01. The quantitative estimate of drug-likeness (QED) is 0.701. The van der Waals surface area contributed by atoms with Gasteiger partial charge in [0.05, 0.1) is 16.3 Å². The van der Waals surface area contributed by atoms with Gasteiger partial charge in [-0.15, -0.1) is 0 Å². The van der Waals surface area contributed by atoms with E-state index >= 15 is 0 Å². The van der Waals surface area contributed by atoms with Crippen molar-refractivity contribution < 1.29 is 22.8 Å². The first-order valence-corrected chi connectivity index (χ1v) is 9.50. The van der Waals surface area contributed by atoms with Crippen molar-refractivity contribution in [3.63, 3.8) is 0 Å². The Morgan fingerprint density at radius 3 is 2.52 bits per heavy atom. The summed E-state index contributed by atoms with van der Waals surface area (Å²) in [5.74, 6) is -1.85. The molecule has 7 nitrogen and oxygen atoms in total. The molecule has 1 aromatic carbocycles. The van der Waals surface area contributed by atoms with Gasteiger partial charge >= 0.3 is 6.18 Å². The van der Waals surface area contributed by atoms with Gasteiger partial charge in [-0.1, -0.05) is 23.2 Å². The molecule has 0 fully saturated rings. The van der Waals surface area contributed by atoms with E-state index in [2.05, 4.69) is 10.3 Å². The number of nitrogens with two attached hydrogens (primary N) is 1. The summed E-state index contributed by atoms with van der Waals surface area (Å²) < 4.78 is 40.7. The summed E-state index contributed by atoms with van der Waals surface area (Å²) in [5.41, 5.74) is 5.33. The fourth-order valence-electron chi connectivity index (χ4n) is 3.18. The van der Waals surface area contributed by atoms with E-state index in [1.165, 1.54) is 30.5 Å². The van der Waals surface area contributed by atoms with E-state index in [9.17, 15) is 22.8 Å². The Morgan fingerprint density at radius 1 is 1.26 bits per heavy atom. The van der Waals surface area contributed by atoms with E-state index in [-0.39, 0.29) is 32.8 Å². The molecular formula is C19H16Cl2F3N5O2. The maximum absolute atomic E-state index is 13.6. The van der Waals surface area contributed by atoms with Gasteiger partial charge in [0.2, 0.25) is 0 Å². The van der Waals surface area contributed by atoms with Gasteiger partial charge < -0.3 is 11.1 Å². The van der Waals surface area contributed by atoms with Gasteiger partial charge in [0.1, 0.15) is 11.7 Å². The van der Waals surface area contributed by atoms with Crippen LogP contribution >= 0.6 is 23.2 Å². The normalized spacial score (nSPS) is 16.9. The first-order chi connectivity index (χ1) is 14.4. The highest BCUT2D eigenvalue weighted by atomic mass is 35.5. The highest BCUT2D eigenvalue weighted by Crippen LogP contribution is 2.38.